The van der Waals surface area contributed by atoms with Gasteiger partial charge in [-0.2, -0.15) is 0 Å². The Hall–Kier alpha value is -3.20. The van der Waals surface area contributed by atoms with Crippen LogP contribution in [-0.2, 0) is 16.1 Å². The standard InChI is InChI=1S/C19H14BrFN2O5/c20-14-7-12(3-6-16(14)28-10-17(24)25)8-15-18(26)23(19(27)22-15)9-11-1-4-13(21)5-2-11/h1-8H,9-10H2,(H,22,27)(H,24,25). The number of hydrogen-bond acceptors (Lipinski definition) is 4. The maximum absolute atomic E-state index is 13.0. The van der Waals surface area contributed by atoms with Crippen molar-refractivity contribution in [3.05, 3.63) is 69.6 Å². The highest BCUT2D eigenvalue weighted by Crippen LogP contribution is 2.27. The lowest BCUT2D eigenvalue weighted by molar-refractivity contribution is -0.139. The molecule has 7 nitrogen and oxygen atoms in total. The van der Waals surface area contributed by atoms with Crippen molar-refractivity contribution in [2.75, 3.05) is 6.61 Å². The highest BCUT2D eigenvalue weighted by molar-refractivity contribution is 9.10. The molecule has 3 amide bonds. The van der Waals surface area contributed by atoms with Gasteiger partial charge in [0, 0.05) is 0 Å². The zero-order chi connectivity index (χ0) is 20.3. The minimum Gasteiger partial charge on any atom is -0.481 e. The van der Waals surface area contributed by atoms with Crippen LogP contribution in [0.4, 0.5) is 9.18 Å². The van der Waals surface area contributed by atoms with E-state index in [1.54, 1.807) is 18.2 Å². The Morgan fingerprint density at radius 1 is 1.21 bits per heavy atom. The summed E-state index contributed by atoms with van der Waals surface area (Å²) < 4.78 is 18.6. The second kappa shape index (κ2) is 8.22. The summed E-state index contributed by atoms with van der Waals surface area (Å²) in [6.45, 7) is -0.458. The molecule has 0 radical (unpaired) electrons. The summed E-state index contributed by atoms with van der Waals surface area (Å²) in [6.07, 6.45) is 1.50. The van der Waals surface area contributed by atoms with Crippen LogP contribution in [0.2, 0.25) is 0 Å². The van der Waals surface area contributed by atoms with Crippen LogP contribution in [0.5, 0.6) is 5.75 Å². The second-order valence-electron chi connectivity index (χ2n) is 5.88. The predicted molar refractivity (Wildman–Crippen MR) is 101 cm³/mol. The van der Waals surface area contributed by atoms with Crippen molar-refractivity contribution in [3.8, 4) is 5.75 Å². The number of carboxylic acids is 1. The maximum atomic E-state index is 13.0. The molecule has 2 aromatic rings. The van der Waals surface area contributed by atoms with E-state index in [0.29, 0.717) is 21.3 Å². The fourth-order valence-electron chi connectivity index (χ4n) is 2.52. The maximum Gasteiger partial charge on any atom is 0.341 e. The van der Waals surface area contributed by atoms with Gasteiger partial charge in [-0.15, -0.1) is 0 Å². The number of carbonyl (C=O) groups excluding carboxylic acids is 2. The fraction of sp³-hybridized carbons (Fsp3) is 0.105. The summed E-state index contributed by atoms with van der Waals surface area (Å²) in [5.74, 6) is -1.66. The molecule has 2 aromatic carbocycles. The zero-order valence-corrected chi connectivity index (χ0v) is 15.9. The molecule has 9 heteroatoms. The van der Waals surface area contributed by atoms with Gasteiger partial charge in [0.1, 0.15) is 17.3 Å². The Morgan fingerprint density at radius 3 is 2.57 bits per heavy atom. The van der Waals surface area contributed by atoms with Crippen LogP contribution < -0.4 is 10.1 Å². The van der Waals surface area contributed by atoms with E-state index in [0.717, 1.165) is 4.90 Å². The van der Waals surface area contributed by atoms with Crippen molar-refractivity contribution in [2.24, 2.45) is 0 Å². The van der Waals surface area contributed by atoms with Crippen LogP contribution in [0, 0.1) is 5.82 Å². The molecular formula is C19H14BrFN2O5. The Morgan fingerprint density at radius 2 is 1.93 bits per heavy atom. The molecule has 0 bridgehead atoms. The predicted octanol–water partition coefficient (Wildman–Crippen LogP) is 3.14. The number of carbonyl (C=O) groups is 3. The third-order valence-electron chi connectivity index (χ3n) is 3.83. The van der Waals surface area contributed by atoms with Gasteiger partial charge in [0.25, 0.3) is 5.91 Å². The van der Waals surface area contributed by atoms with Crippen LogP contribution in [0.25, 0.3) is 6.08 Å². The first-order valence-electron chi connectivity index (χ1n) is 8.06. The smallest absolute Gasteiger partial charge is 0.341 e. The normalized spacial score (nSPS) is 15.1. The third-order valence-corrected chi connectivity index (χ3v) is 4.45. The Balaban J connectivity index is 1.75. The van der Waals surface area contributed by atoms with E-state index in [9.17, 15) is 18.8 Å². The minimum atomic E-state index is -1.10. The number of halogens is 2. The second-order valence-corrected chi connectivity index (χ2v) is 6.73. The summed E-state index contributed by atoms with van der Waals surface area (Å²) in [4.78, 5) is 36.2. The lowest BCUT2D eigenvalue weighted by Gasteiger charge is -2.11. The van der Waals surface area contributed by atoms with Gasteiger partial charge in [0.05, 0.1) is 11.0 Å². The molecule has 1 aliphatic heterocycles. The molecule has 28 heavy (non-hydrogen) atoms. The topological polar surface area (TPSA) is 95.9 Å². The number of nitrogens with zero attached hydrogens (tertiary/aromatic N) is 1. The number of rotatable bonds is 6. The number of amides is 3. The van der Waals surface area contributed by atoms with E-state index in [1.807, 2.05) is 0 Å². The summed E-state index contributed by atoms with van der Waals surface area (Å²) in [5.41, 5.74) is 1.31. The van der Waals surface area contributed by atoms with Crippen molar-refractivity contribution in [2.45, 2.75) is 6.54 Å². The van der Waals surface area contributed by atoms with Crippen LogP contribution in [0.3, 0.4) is 0 Å². The van der Waals surface area contributed by atoms with Gasteiger partial charge in [-0.1, -0.05) is 18.2 Å². The Kier molecular flexibility index (Phi) is 5.74. The molecule has 2 N–H and O–H groups in total. The monoisotopic (exact) mass is 448 g/mol. The van der Waals surface area contributed by atoms with Crippen molar-refractivity contribution in [1.29, 1.82) is 0 Å². The summed E-state index contributed by atoms with van der Waals surface area (Å²) >= 11 is 3.28. The molecule has 0 aromatic heterocycles. The third kappa shape index (κ3) is 4.55. The average molecular weight is 449 g/mol. The van der Waals surface area contributed by atoms with Gasteiger partial charge in [-0.25, -0.2) is 14.0 Å². The van der Waals surface area contributed by atoms with E-state index in [2.05, 4.69) is 21.2 Å². The van der Waals surface area contributed by atoms with E-state index in [4.69, 9.17) is 9.84 Å². The first kappa shape index (κ1) is 19.6. The molecule has 1 aliphatic rings. The SMILES string of the molecule is O=C(O)COc1ccc(C=C2NC(=O)N(Cc3ccc(F)cc3)C2=O)cc1Br. The van der Waals surface area contributed by atoms with E-state index in [-0.39, 0.29) is 12.2 Å². The van der Waals surface area contributed by atoms with Gasteiger partial charge < -0.3 is 15.2 Å². The molecule has 0 spiro atoms. The van der Waals surface area contributed by atoms with Gasteiger partial charge >= 0.3 is 12.0 Å². The van der Waals surface area contributed by atoms with Crippen LogP contribution >= 0.6 is 15.9 Å². The molecule has 3 rings (SSSR count). The van der Waals surface area contributed by atoms with Crippen LogP contribution in [-0.4, -0.2) is 34.5 Å². The van der Waals surface area contributed by atoms with Gasteiger partial charge in [0.2, 0.25) is 0 Å². The molecule has 0 aliphatic carbocycles. The lowest BCUT2D eigenvalue weighted by Crippen LogP contribution is -2.30. The Bertz CT molecular complexity index is 975. The zero-order valence-electron chi connectivity index (χ0n) is 14.3. The molecule has 1 heterocycles. The minimum absolute atomic E-state index is 0.0218. The summed E-state index contributed by atoms with van der Waals surface area (Å²) in [7, 11) is 0. The van der Waals surface area contributed by atoms with Crippen LogP contribution in [0.1, 0.15) is 11.1 Å². The lowest BCUT2D eigenvalue weighted by atomic mass is 10.1. The number of aliphatic carboxylic acids is 1. The van der Waals surface area contributed by atoms with Crippen molar-refractivity contribution in [1.82, 2.24) is 10.2 Å². The van der Waals surface area contributed by atoms with Crippen molar-refractivity contribution in [3.63, 3.8) is 0 Å². The molecule has 0 atom stereocenters. The van der Waals surface area contributed by atoms with Crippen molar-refractivity contribution >= 4 is 39.9 Å². The van der Waals surface area contributed by atoms with Gasteiger partial charge in [0.15, 0.2) is 6.61 Å². The number of urea groups is 1. The number of carboxylic acid groups (broad SMARTS) is 1. The number of hydrogen-bond donors (Lipinski definition) is 2. The van der Waals surface area contributed by atoms with Gasteiger partial charge in [-0.05, 0) is 57.4 Å². The summed E-state index contributed by atoms with van der Waals surface area (Å²) in [6, 6.07) is 9.77. The average Bonchev–Trinajstić information content (AvgIpc) is 2.90. The number of imide groups is 1. The highest BCUT2D eigenvalue weighted by atomic mass is 79.9. The largest absolute Gasteiger partial charge is 0.481 e. The van der Waals surface area contributed by atoms with E-state index < -0.39 is 30.3 Å². The highest BCUT2D eigenvalue weighted by Gasteiger charge is 2.33. The molecule has 144 valence electrons. The molecule has 1 fully saturated rings. The molecular weight excluding hydrogens is 435 g/mol. The van der Waals surface area contributed by atoms with Gasteiger partial charge in [-0.3, -0.25) is 9.69 Å². The molecule has 0 unspecified atom stereocenters. The Labute approximate surface area is 167 Å². The summed E-state index contributed by atoms with van der Waals surface area (Å²) in [5, 5.41) is 11.2. The molecule has 1 saturated heterocycles. The first-order valence-corrected chi connectivity index (χ1v) is 8.86. The van der Waals surface area contributed by atoms with E-state index in [1.165, 1.54) is 30.3 Å². The fourth-order valence-corrected chi connectivity index (χ4v) is 3.03. The quantitative estimate of drug-likeness (QED) is 0.522. The van der Waals surface area contributed by atoms with Crippen LogP contribution in [0.15, 0.2) is 52.6 Å². The number of benzene rings is 2. The number of nitrogens with one attached hydrogen (secondary N) is 1. The number of ether oxygens (including phenoxy) is 1. The van der Waals surface area contributed by atoms with Crippen molar-refractivity contribution < 1.29 is 28.6 Å². The first-order chi connectivity index (χ1) is 13.3. The molecule has 0 saturated carbocycles. The van der Waals surface area contributed by atoms with E-state index >= 15 is 0 Å².